The first kappa shape index (κ1) is 14.2. The van der Waals surface area contributed by atoms with Gasteiger partial charge < -0.3 is 20.4 Å². The molecule has 1 aliphatic rings. The number of carbonyl (C=O) groups is 2. The average Bonchev–Trinajstić information content (AvgIpc) is 2.38. The van der Waals surface area contributed by atoms with Crippen LogP contribution in [0.2, 0.25) is 0 Å². The zero-order chi connectivity index (χ0) is 14.7. The van der Waals surface area contributed by atoms with Gasteiger partial charge in [-0.15, -0.1) is 0 Å². The molecule has 1 fully saturated rings. The lowest BCUT2D eigenvalue weighted by molar-refractivity contribution is -0.119. The number of likely N-dealkylation sites (tertiary alicyclic amines) is 1. The quantitative estimate of drug-likeness (QED) is 0.747. The number of piperidine rings is 1. The molecule has 0 saturated carbocycles. The van der Waals surface area contributed by atoms with E-state index in [1.165, 1.54) is 25.1 Å². The summed E-state index contributed by atoms with van der Waals surface area (Å²) >= 11 is 0. The highest BCUT2D eigenvalue weighted by Crippen LogP contribution is 2.28. The molecule has 0 aromatic heterocycles. The van der Waals surface area contributed by atoms with Crippen LogP contribution in [0.4, 0.5) is 0 Å². The van der Waals surface area contributed by atoms with E-state index in [-0.39, 0.29) is 34.9 Å². The summed E-state index contributed by atoms with van der Waals surface area (Å²) < 4.78 is 0. The van der Waals surface area contributed by atoms with Crippen molar-refractivity contribution in [2.75, 3.05) is 13.1 Å². The summed E-state index contributed by atoms with van der Waals surface area (Å²) in [5.41, 5.74) is -0.0644. The van der Waals surface area contributed by atoms with E-state index in [1.807, 2.05) is 0 Å². The van der Waals surface area contributed by atoms with Crippen LogP contribution in [0.25, 0.3) is 0 Å². The third-order valence-electron chi connectivity index (χ3n) is 3.42. The van der Waals surface area contributed by atoms with Crippen LogP contribution >= 0.6 is 0 Å². The molecular formula is C14H18N2O4. The minimum atomic E-state index is -0.387. The molecule has 1 aromatic carbocycles. The molecule has 0 bridgehead atoms. The SMILES string of the molecule is CC(=O)NC1CCN(C(=O)c2c(O)cccc2O)CC1. The van der Waals surface area contributed by atoms with E-state index in [0.29, 0.717) is 25.9 Å². The van der Waals surface area contributed by atoms with Gasteiger partial charge in [0.05, 0.1) is 0 Å². The van der Waals surface area contributed by atoms with Gasteiger partial charge >= 0.3 is 0 Å². The van der Waals surface area contributed by atoms with Crippen molar-refractivity contribution in [3.8, 4) is 11.5 Å². The van der Waals surface area contributed by atoms with Gasteiger partial charge in [-0.05, 0) is 25.0 Å². The van der Waals surface area contributed by atoms with Crippen LogP contribution in [-0.4, -0.2) is 46.1 Å². The molecule has 1 aromatic rings. The summed E-state index contributed by atoms with van der Waals surface area (Å²) in [5.74, 6) is -0.909. The lowest BCUT2D eigenvalue weighted by Gasteiger charge is -2.32. The van der Waals surface area contributed by atoms with Crippen molar-refractivity contribution in [1.82, 2.24) is 10.2 Å². The van der Waals surface area contributed by atoms with Crippen LogP contribution in [0.5, 0.6) is 11.5 Å². The Kier molecular flexibility index (Phi) is 4.12. The van der Waals surface area contributed by atoms with Gasteiger partial charge in [0.2, 0.25) is 5.91 Å². The Bertz CT molecular complexity index is 502. The fourth-order valence-electron chi connectivity index (χ4n) is 2.42. The van der Waals surface area contributed by atoms with E-state index >= 15 is 0 Å². The number of hydrogen-bond acceptors (Lipinski definition) is 4. The van der Waals surface area contributed by atoms with Gasteiger partial charge in [-0.3, -0.25) is 9.59 Å². The van der Waals surface area contributed by atoms with E-state index in [0.717, 1.165) is 0 Å². The summed E-state index contributed by atoms with van der Waals surface area (Å²) in [4.78, 5) is 24.8. The third kappa shape index (κ3) is 3.01. The largest absolute Gasteiger partial charge is 0.507 e. The normalized spacial score (nSPS) is 15.9. The summed E-state index contributed by atoms with van der Waals surface area (Å²) in [5, 5.41) is 22.2. The molecule has 6 nitrogen and oxygen atoms in total. The second-order valence-electron chi connectivity index (χ2n) is 4.94. The summed E-state index contributed by atoms with van der Waals surface area (Å²) in [6, 6.07) is 4.30. The molecule has 1 aliphatic heterocycles. The van der Waals surface area contributed by atoms with Crippen molar-refractivity contribution >= 4 is 11.8 Å². The van der Waals surface area contributed by atoms with Crippen LogP contribution in [0.15, 0.2) is 18.2 Å². The maximum atomic E-state index is 12.3. The van der Waals surface area contributed by atoms with Gasteiger partial charge in [0.15, 0.2) is 0 Å². The summed E-state index contributed by atoms with van der Waals surface area (Å²) in [6.45, 7) is 2.44. The maximum Gasteiger partial charge on any atom is 0.261 e. The van der Waals surface area contributed by atoms with E-state index in [4.69, 9.17) is 0 Å². The fraction of sp³-hybridized carbons (Fsp3) is 0.429. The lowest BCUT2D eigenvalue weighted by atomic mass is 10.0. The number of nitrogens with one attached hydrogen (secondary N) is 1. The monoisotopic (exact) mass is 278 g/mol. The van der Waals surface area contributed by atoms with Crippen LogP contribution < -0.4 is 5.32 Å². The molecule has 1 saturated heterocycles. The van der Waals surface area contributed by atoms with Gasteiger partial charge in [-0.2, -0.15) is 0 Å². The van der Waals surface area contributed by atoms with Crippen molar-refractivity contribution in [2.24, 2.45) is 0 Å². The first-order valence-electron chi connectivity index (χ1n) is 6.56. The van der Waals surface area contributed by atoms with Gasteiger partial charge in [-0.1, -0.05) is 6.07 Å². The number of benzene rings is 1. The summed E-state index contributed by atoms with van der Waals surface area (Å²) in [7, 11) is 0. The van der Waals surface area contributed by atoms with Crippen molar-refractivity contribution in [3.05, 3.63) is 23.8 Å². The Morgan fingerprint density at radius 1 is 1.20 bits per heavy atom. The molecule has 0 radical (unpaired) electrons. The molecular weight excluding hydrogens is 260 g/mol. The second kappa shape index (κ2) is 5.81. The Labute approximate surface area is 117 Å². The molecule has 108 valence electrons. The first-order valence-corrected chi connectivity index (χ1v) is 6.56. The third-order valence-corrected chi connectivity index (χ3v) is 3.42. The minimum Gasteiger partial charge on any atom is -0.507 e. The van der Waals surface area contributed by atoms with Crippen molar-refractivity contribution in [2.45, 2.75) is 25.8 Å². The van der Waals surface area contributed by atoms with Crippen molar-refractivity contribution in [1.29, 1.82) is 0 Å². The predicted octanol–water partition coefficient (Wildman–Crippen LogP) is 0.838. The van der Waals surface area contributed by atoms with Gasteiger partial charge in [-0.25, -0.2) is 0 Å². The molecule has 1 heterocycles. The van der Waals surface area contributed by atoms with Crippen LogP contribution in [0.1, 0.15) is 30.1 Å². The highest BCUT2D eigenvalue weighted by atomic mass is 16.3. The zero-order valence-corrected chi connectivity index (χ0v) is 11.3. The first-order chi connectivity index (χ1) is 9.49. The second-order valence-corrected chi connectivity index (χ2v) is 4.94. The highest BCUT2D eigenvalue weighted by Gasteiger charge is 2.27. The van der Waals surface area contributed by atoms with Gasteiger partial charge in [0, 0.05) is 26.1 Å². The number of nitrogens with zero attached hydrogens (tertiary/aromatic N) is 1. The Hall–Kier alpha value is -2.24. The summed E-state index contributed by atoms with van der Waals surface area (Å²) in [6.07, 6.45) is 1.33. The van der Waals surface area contributed by atoms with Crippen LogP contribution in [0.3, 0.4) is 0 Å². The molecule has 0 spiro atoms. The lowest BCUT2D eigenvalue weighted by Crippen LogP contribution is -2.46. The highest BCUT2D eigenvalue weighted by molar-refractivity contribution is 5.99. The number of phenolic OH excluding ortho intramolecular Hbond substituents is 2. The van der Waals surface area contributed by atoms with E-state index in [9.17, 15) is 19.8 Å². The molecule has 2 amide bonds. The number of hydrogen-bond donors (Lipinski definition) is 3. The molecule has 6 heteroatoms. The number of rotatable bonds is 2. The molecule has 0 unspecified atom stereocenters. The number of aromatic hydroxyl groups is 2. The van der Waals surface area contributed by atoms with Gasteiger partial charge in [0.25, 0.3) is 5.91 Å². The van der Waals surface area contributed by atoms with Crippen LogP contribution in [0, 0.1) is 0 Å². The molecule has 0 aliphatic carbocycles. The van der Waals surface area contributed by atoms with Crippen molar-refractivity contribution in [3.63, 3.8) is 0 Å². The number of phenols is 2. The zero-order valence-electron chi connectivity index (χ0n) is 11.3. The fourth-order valence-corrected chi connectivity index (χ4v) is 2.42. The van der Waals surface area contributed by atoms with E-state index in [1.54, 1.807) is 4.90 Å². The number of amides is 2. The van der Waals surface area contributed by atoms with Crippen LogP contribution in [-0.2, 0) is 4.79 Å². The minimum absolute atomic E-state index is 0.0644. The Morgan fingerprint density at radius 2 is 1.75 bits per heavy atom. The standard InChI is InChI=1S/C14H18N2O4/c1-9(17)15-10-5-7-16(8-6-10)14(20)13-11(18)3-2-4-12(13)19/h2-4,10,18-19H,5-8H2,1H3,(H,15,17). The Balaban J connectivity index is 2.04. The maximum absolute atomic E-state index is 12.3. The molecule has 2 rings (SSSR count). The molecule has 20 heavy (non-hydrogen) atoms. The number of carbonyl (C=O) groups excluding carboxylic acids is 2. The molecule has 3 N–H and O–H groups in total. The topological polar surface area (TPSA) is 89.9 Å². The predicted molar refractivity (Wildman–Crippen MR) is 72.5 cm³/mol. The average molecular weight is 278 g/mol. The van der Waals surface area contributed by atoms with Gasteiger partial charge in [0.1, 0.15) is 17.1 Å². The Morgan fingerprint density at radius 3 is 2.25 bits per heavy atom. The van der Waals surface area contributed by atoms with E-state index in [2.05, 4.69) is 5.32 Å². The smallest absolute Gasteiger partial charge is 0.261 e. The van der Waals surface area contributed by atoms with E-state index < -0.39 is 0 Å². The van der Waals surface area contributed by atoms with Crippen molar-refractivity contribution < 1.29 is 19.8 Å². The molecule has 0 atom stereocenters.